The minimum atomic E-state index is -0.715. The third kappa shape index (κ3) is 3.01. The average molecular weight is 265 g/mol. The van der Waals surface area contributed by atoms with Crippen LogP contribution in [-0.2, 0) is 17.2 Å². The normalized spacial score (nSPS) is 23.4. The molecule has 0 aliphatic heterocycles. The molecule has 3 heteroatoms. The molecular weight excluding hydrogens is 242 g/mol. The largest absolute Gasteiger partial charge is 0.309 e. The first-order valence-corrected chi connectivity index (χ1v) is 8.34. The highest BCUT2D eigenvalue weighted by Crippen LogP contribution is 2.43. The summed E-state index contributed by atoms with van der Waals surface area (Å²) < 4.78 is 11.2. The molecular formula is C15H23NOS. The quantitative estimate of drug-likeness (QED) is 0.907. The molecule has 0 fully saturated rings. The number of nitrogens with one attached hydrogen (secondary N) is 1. The van der Waals surface area contributed by atoms with E-state index in [1.54, 1.807) is 6.26 Å². The molecule has 1 aliphatic carbocycles. The van der Waals surface area contributed by atoms with Crippen LogP contribution in [0.3, 0.4) is 0 Å². The number of aryl methyl sites for hydroxylation is 1. The molecule has 0 bridgehead atoms. The Labute approximate surface area is 113 Å². The molecule has 0 saturated heterocycles. The minimum Gasteiger partial charge on any atom is -0.309 e. The molecule has 0 aromatic heterocycles. The maximum absolute atomic E-state index is 11.2. The average Bonchev–Trinajstić information content (AvgIpc) is 2.31. The highest BCUT2D eigenvalue weighted by molar-refractivity contribution is 7.84. The van der Waals surface area contributed by atoms with Crippen molar-refractivity contribution >= 4 is 10.8 Å². The van der Waals surface area contributed by atoms with Crippen LogP contribution < -0.4 is 5.32 Å². The van der Waals surface area contributed by atoms with Crippen LogP contribution in [0, 0.1) is 5.41 Å². The Morgan fingerprint density at radius 1 is 1.39 bits per heavy atom. The highest BCUT2D eigenvalue weighted by Gasteiger charge is 2.35. The van der Waals surface area contributed by atoms with E-state index in [9.17, 15) is 4.21 Å². The van der Waals surface area contributed by atoms with Crippen LogP contribution >= 0.6 is 0 Å². The zero-order chi connectivity index (χ0) is 13.2. The van der Waals surface area contributed by atoms with Gasteiger partial charge < -0.3 is 5.32 Å². The van der Waals surface area contributed by atoms with Crippen molar-refractivity contribution in [1.29, 1.82) is 0 Å². The van der Waals surface area contributed by atoms with Crippen molar-refractivity contribution in [2.75, 3.05) is 18.6 Å². The third-order valence-electron chi connectivity index (χ3n) is 3.92. The molecule has 0 heterocycles. The Kier molecular flexibility index (Phi) is 4.23. The molecule has 0 amide bonds. The van der Waals surface area contributed by atoms with Crippen molar-refractivity contribution in [3.05, 3.63) is 35.4 Å². The van der Waals surface area contributed by atoms with Crippen molar-refractivity contribution in [3.63, 3.8) is 0 Å². The van der Waals surface area contributed by atoms with Crippen LogP contribution in [0.15, 0.2) is 24.3 Å². The van der Waals surface area contributed by atoms with Crippen LogP contribution in [0.5, 0.6) is 0 Å². The van der Waals surface area contributed by atoms with E-state index >= 15 is 0 Å². The fourth-order valence-electron chi connectivity index (χ4n) is 2.80. The molecule has 100 valence electrons. The molecule has 2 rings (SSSR count). The molecule has 1 aromatic carbocycles. The Balaban J connectivity index is 2.16. The maximum atomic E-state index is 11.2. The van der Waals surface area contributed by atoms with Gasteiger partial charge in [-0.05, 0) is 29.4 Å². The van der Waals surface area contributed by atoms with E-state index < -0.39 is 10.8 Å². The zero-order valence-electron chi connectivity index (χ0n) is 11.5. The first-order valence-electron chi connectivity index (χ1n) is 6.62. The maximum Gasteiger partial charge on any atom is 0.0375 e. The molecule has 0 radical (unpaired) electrons. The second-order valence-corrected chi connectivity index (χ2v) is 7.41. The zero-order valence-corrected chi connectivity index (χ0v) is 12.3. The van der Waals surface area contributed by atoms with E-state index in [1.165, 1.54) is 24.0 Å². The summed E-state index contributed by atoms with van der Waals surface area (Å²) in [6.45, 7) is 5.47. The molecule has 2 nitrogen and oxygen atoms in total. The SMILES string of the molecule is CS(=O)CCNC1c2ccccc2CCC1(C)C. The van der Waals surface area contributed by atoms with Gasteiger partial charge in [-0.3, -0.25) is 4.21 Å². The highest BCUT2D eigenvalue weighted by atomic mass is 32.2. The van der Waals surface area contributed by atoms with Crippen molar-refractivity contribution < 1.29 is 4.21 Å². The second kappa shape index (κ2) is 5.54. The molecule has 2 unspecified atom stereocenters. The molecule has 18 heavy (non-hydrogen) atoms. The van der Waals surface area contributed by atoms with E-state index in [2.05, 4.69) is 43.4 Å². The first-order chi connectivity index (χ1) is 8.50. The van der Waals surface area contributed by atoms with Crippen LogP contribution in [0.1, 0.15) is 37.4 Å². The number of hydrogen-bond donors (Lipinski definition) is 1. The summed E-state index contributed by atoms with van der Waals surface area (Å²) in [6.07, 6.45) is 4.14. The van der Waals surface area contributed by atoms with Gasteiger partial charge in [0.15, 0.2) is 0 Å². The lowest BCUT2D eigenvalue weighted by Gasteiger charge is -2.40. The summed E-state index contributed by atoms with van der Waals surface area (Å²) in [5.41, 5.74) is 3.16. The molecule has 0 spiro atoms. The number of rotatable bonds is 4. The summed E-state index contributed by atoms with van der Waals surface area (Å²) in [5, 5.41) is 3.61. The lowest BCUT2D eigenvalue weighted by Crippen LogP contribution is -2.39. The Hall–Kier alpha value is -0.670. The van der Waals surface area contributed by atoms with E-state index in [1.807, 2.05) is 0 Å². The van der Waals surface area contributed by atoms with Crippen molar-refractivity contribution in [1.82, 2.24) is 5.32 Å². The predicted molar refractivity (Wildman–Crippen MR) is 78.2 cm³/mol. The van der Waals surface area contributed by atoms with Gasteiger partial charge in [0.2, 0.25) is 0 Å². The van der Waals surface area contributed by atoms with Gasteiger partial charge in [-0.1, -0.05) is 38.1 Å². The van der Waals surface area contributed by atoms with Crippen LogP contribution in [0.4, 0.5) is 0 Å². The Morgan fingerprint density at radius 3 is 2.83 bits per heavy atom. The van der Waals surface area contributed by atoms with Gasteiger partial charge in [-0.2, -0.15) is 0 Å². The lowest BCUT2D eigenvalue weighted by atomic mass is 9.70. The topological polar surface area (TPSA) is 29.1 Å². The molecule has 1 N–H and O–H groups in total. The fourth-order valence-corrected chi connectivity index (χ4v) is 3.20. The predicted octanol–water partition coefficient (Wildman–Crippen LogP) is 2.67. The molecule has 1 aromatic rings. The summed E-state index contributed by atoms with van der Waals surface area (Å²) >= 11 is 0. The first kappa shape index (κ1) is 13.8. The van der Waals surface area contributed by atoms with Gasteiger partial charge in [0.05, 0.1) is 0 Å². The number of hydrogen-bond acceptors (Lipinski definition) is 2. The molecule has 1 aliphatic rings. The van der Waals surface area contributed by atoms with Crippen molar-refractivity contribution in [3.8, 4) is 0 Å². The van der Waals surface area contributed by atoms with Crippen molar-refractivity contribution in [2.45, 2.75) is 32.7 Å². The van der Waals surface area contributed by atoms with Gasteiger partial charge in [-0.25, -0.2) is 0 Å². The van der Waals surface area contributed by atoms with E-state index in [-0.39, 0.29) is 5.41 Å². The van der Waals surface area contributed by atoms with Gasteiger partial charge in [0.1, 0.15) is 0 Å². The molecule has 2 atom stereocenters. The minimum absolute atomic E-state index is 0.267. The standard InChI is InChI=1S/C15H23NOS/c1-15(2)9-8-12-6-4-5-7-13(12)14(15)16-10-11-18(3)17/h4-7,14,16H,8-11H2,1-3H3. The Morgan fingerprint density at radius 2 is 2.11 bits per heavy atom. The van der Waals surface area contributed by atoms with Crippen LogP contribution in [0.25, 0.3) is 0 Å². The van der Waals surface area contributed by atoms with E-state index in [0.29, 0.717) is 6.04 Å². The summed E-state index contributed by atoms with van der Waals surface area (Å²) in [7, 11) is -0.715. The third-order valence-corrected chi connectivity index (χ3v) is 4.70. The lowest BCUT2D eigenvalue weighted by molar-refractivity contribution is 0.212. The van der Waals surface area contributed by atoms with Gasteiger partial charge in [0.25, 0.3) is 0 Å². The number of fused-ring (bicyclic) bond motifs is 1. The van der Waals surface area contributed by atoms with Crippen molar-refractivity contribution in [2.24, 2.45) is 5.41 Å². The van der Waals surface area contributed by atoms with Gasteiger partial charge >= 0.3 is 0 Å². The Bertz CT molecular complexity index is 442. The smallest absolute Gasteiger partial charge is 0.0375 e. The number of benzene rings is 1. The second-order valence-electron chi connectivity index (χ2n) is 5.85. The van der Waals surface area contributed by atoms with E-state index in [0.717, 1.165) is 12.3 Å². The van der Waals surface area contributed by atoms with Gasteiger partial charge in [0, 0.05) is 35.4 Å². The summed E-state index contributed by atoms with van der Waals surface area (Å²) in [4.78, 5) is 0. The summed E-state index contributed by atoms with van der Waals surface area (Å²) in [6, 6.07) is 9.09. The monoisotopic (exact) mass is 265 g/mol. The summed E-state index contributed by atoms with van der Waals surface area (Å²) in [5.74, 6) is 0.731. The van der Waals surface area contributed by atoms with Crippen LogP contribution in [0.2, 0.25) is 0 Å². The van der Waals surface area contributed by atoms with Gasteiger partial charge in [-0.15, -0.1) is 0 Å². The van der Waals surface area contributed by atoms with Crippen LogP contribution in [-0.4, -0.2) is 22.8 Å². The van der Waals surface area contributed by atoms with E-state index in [4.69, 9.17) is 0 Å². The molecule has 0 saturated carbocycles. The fraction of sp³-hybridized carbons (Fsp3) is 0.600.